The van der Waals surface area contributed by atoms with Crippen molar-refractivity contribution in [2.45, 2.75) is 45.7 Å². The minimum atomic E-state index is -0.894. The number of benzene rings is 1. The topological polar surface area (TPSA) is 122 Å². The maximum atomic E-state index is 12.3. The van der Waals surface area contributed by atoms with Gasteiger partial charge in [-0.2, -0.15) is 0 Å². The first kappa shape index (κ1) is 19.8. The molecule has 0 fully saturated rings. The lowest BCUT2D eigenvalue weighted by atomic mass is 9.98. The van der Waals surface area contributed by atoms with Gasteiger partial charge in [0.2, 0.25) is 5.91 Å². The Balaban J connectivity index is 2.75. The van der Waals surface area contributed by atoms with Crippen LogP contribution in [0.2, 0.25) is 0 Å². The van der Waals surface area contributed by atoms with Crippen LogP contribution in [0.1, 0.15) is 32.8 Å². The van der Waals surface area contributed by atoms with Gasteiger partial charge in [-0.25, -0.2) is 4.79 Å². The molecule has 0 aliphatic carbocycles. The molecule has 0 aromatic heterocycles. The molecule has 0 saturated carbocycles. The third-order valence-corrected chi connectivity index (χ3v) is 3.88. The molecule has 134 valence electrons. The van der Waals surface area contributed by atoms with E-state index in [-0.39, 0.29) is 30.4 Å². The number of hydrogen-bond donors (Lipinski definition) is 4. The van der Waals surface area contributed by atoms with Gasteiger partial charge in [0.15, 0.2) is 11.5 Å². The third kappa shape index (κ3) is 5.42. The lowest BCUT2D eigenvalue weighted by molar-refractivity contribution is -0.149. The minimum absolute atomic E-state index is 0.0853. The van der Waals surface area contributed by atoms with Crippen LogP contribution < -0.4 is 11.1 Å². The Kier molecular flexibility index (Phi) is 7.51. The molecule has 3 atom stereocenters. The maximum Gasteiger partial charge on any atom is 0.328 e. The van der Waals surface area contributed by atoms with E-state index in [4.69, 9.17) is 10.5 Å². The van der Waals surface area contributed by atoms with Gasteiger partial charge in [-0.3, -0.25) is 4.79 Å². The summed E-state index contributed by atoms with van der Waals surface area (Å²) in [5.74, 6) is -1.55. The summed E-state index contributed by atoms with van der Waals surface area (Å²) in [4.78, 5) is 24.3. The summed E-state index contributed by atoms with van der Waals surface area (Å²) in [5.41, 5.74) is 6.49. The molecule has 0 aliphatic rings. The SMILES string of the molecule is CCOC(=O)[C@@H](NC(=O)[C@@H](N)Cc1ccc(O)c(O)c1)[C@@H](C)CC. The average Bonchev–Trinajstić information content (AvgIpc) is 2.55. The Morgan fingerprint density at radius 1 is 1.25 bits per heavy atom. The monoisotopic (exact) mass is 338 g/mol. The first-order chi connectivity index (χ1) is 11.3. The number of phenols is 2. The quantitative estimate of drug-likeness (QED) is 0.415. The van der Waals surface area contributed by atoms with Crippen LogP contribution in [-0.2, 0) is 20.7 Å². The summed E-state index contributed by atoms with van der Waals surface area (Å²) in [7, 11) is 0. The summed E-state index contributed by atoms with van der Waals surface area (Å²) in [6, 6.07) is 2.60. The minimum Gasteiger partial charge on any atom is -0.504 e. The molecule has 1 aromatic carbocycles. The zero-order valence-electron chi connectivity index (χ0n) is 14.3. The molecular weight excluding hydrogens is 312 g/mol. The smallest absolute Gasteiger partial charge is 0.328 e. The first-order valence-corrected chi connectivity index (χ1v) is 8.03. The predicted octanol–water partition coefficient (Wildman–Crippen LogP) is 1.06. The number of rotatable bonds is 8. The van der Waals surface area contributed by atoms with Crippen molar-refractivity contribution in [1.82, 2.24) is 5.32 Å². The van der Waals surface area contributed by atoms with Crippen LogP contribution in [-0.4, -0.2) is 40.8 Å². The summed E-state index contributed by atoms with van der Waals surface area (Å²) >= 11 is 0. The molecule has 0 heterocycles. The highest BCUT2D eigenvalue weighted by Gasteiger charge is 2.29. The van der Waals surface area contributed by atoms with Crippen LogP contribution >= 0.6 is 0 Å². The molecule has 0 bridgehead atoms. The van der Waals surface area contributed by atoms with Gasteiger partial charge in [-0.05, 0) is 37.0 Å². The normalized spacial score (nSPS) is 14.5. The van der Waals surface area contributed by atoms with Gasteiger partial charge in [0.25, 0.3) is 0 Å². The van der Waals surface area contributed by atoms with Crippen molar-refractivity contribution < 1.29 is 24.5 Å². The Morgan fingerprint density at radius 3 is 2.46 bits per heavy atom. The summed E-state index contributed by atoms with van der Waals surface area (Å²) in [6.45, 7) is 5.71. The third-order valence-electron chi connectivity index (χ3n) is 3.88. The van der Waals surface area contributed by atoms with E-state index >= 15 is 0 Å². The van der Waals surface area contributed by atoms with Gasteiger partial charge in [0.05, 0.1) is 12.6 Å². The van der Waals surface area contributed by atoms with Crippen LogP contribution in [0.4, 0.5) is 0 Å². The molecule has 1 aromatic rings. The fourth-order valence-electron chi connectivity index (χ4n) is 2.20. The van der Waals surface area contributed by atoms with Gasteiger partial charge < -0.3 is 26.0 Å². The van der Waals surface area contributed by atoms with Crippen molar-refractivity contribution >= 4 is 11.9 Å². The summed E-state index contributed by atoms with van der Waals surface area (Å²) < 4.78 is 5.00. The lowest BCUT2D eigenvalue weighted by Crippen LogP contribution is -2.52. The van der Waals surface area contributed by atoms with Crippen LogP contribution in [0.15, 0.2) is 18.2 Å². The van der Waals surface area contributed by atoms with E-state index in [1.54, 1.807) is 13.0 Å². The Morgan fingerprint density at radius 2 is 1.92 bits per heavy atom. The first-order valence-electron chi connectivity index (χ1n) is 8.03. The van der Waals surface area contributed by atoms with Gasteiger partial charge >= 0.3 is 5.97 Å². The highest BCUT2D eigenvalue weighted by molar-refractivity contribution is 5.87. The molecular formula is C17H26N2O5. The second-order valence-corrected chi connectivity index (χ2v) is 5.76. The molecule has 0 spiro atoms. The molecule has 7 nitrogen and oxygen atoms in total. The molecule has 0 aliphatic heterocycles. The van der Waals surface area contributed by atoms with Gasteiger partial charge in [0, 0.05) is 0 Å². The summed E-state index contributed by atoms with van der Waals surface area (Å²) in [5, 5.41) is 21.4. The van der Waals surface area contributed by atoms with E-state index in [2.05, 4.69) is 5.32 Å². The zero-order chi connectivity index (χ0) is 18.3. The molecule has 0 radical (unpaired) electrons. The van der Waals surface area contributed by atoms with Crippen LogP contribution in [0, 0.1) is 5.92 Å². The van der Waals surface area contributed by atoms with E-state index < -0.39 is 24.0 Å². The van der Waals surface area contributed by atoms with Crippen LogP contribution in [0.3, 0.4) is 0 Å². The molecule has 7 heteroatoms. The van der Waals surface area contributed by atoms with Gasteiger partial charge in [-0.1, -0.05) is 26.3 Å². The summed E-state index contributed by atoms with van der Waals surface area (Å²) in [6.07, 6.45) is 0.862. The molecule has 24 heavy (non-hydrogen) atoms. The number of phenolic OH excluding ortho intramolecular Hbond substituents is 2. The van der Waals surface area contributed by atoms with Crippen molar-refractivity contribution in [2.24, 2.45) is 11.7 Å². The van der Waals surface area contributed by atoms with Crippen molar-refractivity contribution in [3.63, 3.8) is 0 Å². The van der Waals surface area contributed by atoms with Gasteiger partial charge in [0.1, 0.15) is 6.04 Å². The number of amides is 1. The Hall–Kier alpha value is -2.28. The second-order valence-electron chi connectivity index (χ2n) is 5.76. The second kappa shape index (κ2) is 9.12. The van der Waals surface area contributed by atoms with Crippen molar-refractivity contribution in [3.05, 3.63) is 23.8 Å². The number of ether oxygens (including phenoxy) is 1. The number of nitrogens with two attached hydrogens (primary N) is 1. The van der Waals surface area contributed by atoms with E-state index in [0.717, 1.165) is 0 Å². The molecule has 0 unspecified atom stereocenters. The standard InChI is InChI=1S/C17H26N2O5/c1-4-10(3)15(17(23)24-5-2)19-16(22)12(18)8-11-6-7-13(20)14(21)9-11/h6-7,9-10,12,15,20-21H,4-5,8,18H2,1-3H3,(H,19,22)/t10-,12-,15-/m0/s1. The highest BCUT2D eigenvalue weighted by atomic mass is 16.5. The number of aromatic hydroxyl groups is 2. The number of hydrogen-bond acceptors (Lipinski definition) is 6. The largest absolute Gasteiger partial charge is 0.504 e. The fourth-order valence-corrected chi connectivity index (χ4v) is 2.20. The molecule has 5 N–H and O–H groups in total. The van der Waals surface area contributed by atoms with Gasteiger partial charge in [-0.15, -0.1) is 0 Å². The molecule has 1 rings (SSSR count). The van der Waals surface area contributed by atoms with Crippen molar-refractivity contribution in [3.8, 4) is 11.5 Å². The number of nitrogens with one attached hydrogen (secondary N) is 1. The van der Waals surface area contributed by atoms with E-state index in [0.29, 0.717) is 12.0 Å². The molecule has 0 saturated heterocycles. The van der Waals surface area contributed by atoms with E-state index in [9.17, 15) is 19.8 Å². The maximum absolute atomic E-state index is 12.3. The van der Waals surface area contributed by atoms with Crippen LogP contribution in [0.5, 0.6) is 11.5 Å². The zero-order valence-corrected chi connectivity index (χ0v) is 14.3. The Labute approximate surface area is 141 Å². The van der Waals surface area contributed by atoms with Crippen molar-refractivity contribution in [2.75, 3.05) is 6.61 Å². The number of carbonyl (C=O) groups excluding carboxylic acids is 2. The van der Waals surface area contributed by atoms with Crippen LogP contribution in [0.25, 0.3) is 0 Å². The molecule has 1 amide bonds. The fraction of sp³-hybridized carbons (Fsp3) is 0.529. The average molecular weight is 338 g/mol. The predicted molar refractivity (Wildman–Crippen MR) is 89.5 cm³/mol. The number of carbonyl (C=O) groups is 2. The van der Waals surface area contributed by atoms with E-state index in [1.807, 2.05) is 13.8 Å². The lowest BCUT2D eigenvalue weighted by Gasteiger charge is -2.24. The Bertz CT molecular complexity index is 576. The van der Waals surface area contributed by atoms with Crippen molar-refractivity contribution in [1.29, 1.82) is 0 Å². The highest BCUT2D eigenvalue weighted by Crippen LogP contribution is 2.25. The number of esters is 1. The van der Waals surface area contributed by atoms with E-state index in [1.165, 1.54) is 12.1 Å².